The molecule has 22 aromatic rings. The largest absolute Gasteiger partial charge is 0.309 e. The fourth-order valence-electron chi connectivity index (χ4n) is 16.6. The Balaban J connectivity index is 0.000000150. The molecule has 0 spiro atoms. The fraction of sp³-hybridized carbons (Fsp3) is 0. The minimum Gasteiger partial charge on any atom is -0.309 e. The van der Waals surface area contributed by atoms with Gasteiger partial charge in [-0.15, -0.1) is 0 Å². The van der Waals surface area contributed by atoms with Crippen molar-refractivity contribution in [1.29, 1.82) is 0 Å². The molecule has 12 heterocycles. The average molecular weight is 1560 g/mol. The first-order valence-electron chi connectivity index (χ1n) is 40.5. The van der Waals surface area contributed by atoms with Gasteiger partial charge in [-0.05, 0) is 285 Å². The maximum absolute atomic E-state index is 5.08. The minimum atomic E-state index is 0.889. The summed E-state index contributed by atoms with van der Waals surface area (Å²) in [6.45, 7) is 0. The normalized spacial score (nSPS) is 11.3. The van der Waals surface area contributed by atoms with Crippen molar-refractivity contribution in [2.75, 3.05) is 0 Å². The lowest BCUT2D eigenvalue weighted by molar-refractivity contribution is 1.17. The van der Waals surface area contributed by atoms with Crippen LogP contribution in [0.15, 0.2) is 438 Å². The summed E-state index contributed by atoms with van der Waals surface area (Å²) in [5, 5.41) is 4.53. The van der Waals surface area contributed by atoms with Gasteiger partial charge in [0, 0.05) is 152 Å². The molecule has 0 fully saturated rings. The maximum Gasteiger partial charge on any atom is 0.0725 e. The molecule has 12 aromatic heterocycles. The molecule has 22 rings (SSSR count). The third kappa shape index (κ3) is 14.7. The Kier molecular flexibility index (Phi) is 19.4. The van der Waals surface area contributed by atoms with Crippen LogP contribution < -0.4 is 0 Å². The van der Waals surface area contributed by atoms with Crippen molar-refractivity contribution in [1.82, 2.24) is 59.0 Å². The molecule has 10 aromatic carbocycles. The van der Waals surface area contributed by atoms with Crippen LogP contribution in [-0.4, -0.2) is 59.0 Å². The van der Waals surface area contributed by atoms with Crippen molar-refractivity contribution in [3.8, 4) is 168 Å². The molecule has 0 N–H and O–H groups in total. The molecule has 0 saturated heterocycles. The zero-order valence-electron chi connectivity index (χ0n) is 65.9. The molecule has 0 saturated carbocycles. The van der Waals surface area contributed by atoms with Crippen LogP contribution in [0.3, 0.4) is 0 Å². The molecule has 12 nitrogen and oxygen atoms in total. The molecular weight excluding hydrogens is 1490 g/mol. The standard InChI is InChI=1S/2C55H36N6/c1-2-16-47(17-3-1)61-54-23-22-39(33-48(54)49-36-58-27-24-55(49)61)46-31-44(37-10-4-12-40(28-37)50-18-6-20-52(59-50)42-14-8-25-56-34-42)30-45(32-46)38-11-5-13-41(29-38)51-19-7-21-53(60-51)43-15-9-26-57-35-43;1-2-12-47(13-3-1)61-54-19-18-41(35-48(54)49-36-58-29-24-55(49)61)46-33-44(39-8-4-10-42(30-39)52-16-6-14-50(59-52)37-20-25-56-26-21-37)32-45(34-46)40-9-5-11-43(31-40)53-17-7-15-51(60-53)38-22-27-57-28-23-38/h2*1-36H. The Morgan fingerprint density at radius 3 is 0.713 bits per heavy atom. The summed E-state index contributed by atoms with van der Waals surface area (Å²) >= 11 is 0. The second-order valence-electron chi connectivity index (χ2n) is 30.1. The first-order chi connectivity index (χ1) is 60.4. The van der Waals surface area contributed by atoms with E-state index in [1.54, 1.807) is 37.2 Å². The van der Waals surface area contributed by atoms with Crippen LogP contribution in [0.1, 0.15) is 0 Å². The molecule has 0 aliphatic rings. The van der Waals surface area contributed by atoms with E-state index < -0.39 is 0 Å². The lowest BCUT2D eigenvalue weighted by Gasteiger charge is -2.14. The van der Waals surface area contributed by atoms with E-state index in [2.05, 4.69) is 330 Å². The van der Waals surface area contributed by atoms with Gasteiger partial charge in [-0.1, -0.05) is 146 Å². The lowest BCUT2D eigenvalue weighted by Crippen LogP contribution is -1.93. The van der Waals surface area contributed by atoms with Crippen LogP contribution in [0, 0.1) is 0 Å². The summed E-state index contributed by atoms with van der Waals surface area (Å²) in [6, 6.07) is 128. The van der Waals surface area contributed by atoms with Crippen molar-refractivity contribution in [2.24, 2.45) is 0 Å². The third-order valence-electron chi connectivity index (χ3n) is 22.5. The van der Waals surface area contributed by atoms with E-state index in [0.29, 0.717) is 0 Å². The summed E-state index contributed by atoms with van der Waals surface area (Å²) in [4.78, 5) is 46.4. The molecule has 0 aliphatic heterocycles. The highest BCUT2D eigenvalue weighted by Crippen LogP contribution is 2.43. The lowest BCUT2D eigenvalue weighted by atomic mass is 9.91. The zero-order valence-corrected chi connectivity index (χ0v) is 65.9. The van der Waals surface area contributed by atoms with Crippen LogP contribution >= 0.6 is 0 Å². The Bertz CT molecular complexity index is 6880. The quantitative estimate of drug-likeness (QED) is 0.0919. The Hall–Kier alpha value is -16.7. The van der Waals surface area contributed by atoms with Crippen molar-refractivity contribution in [2.45, 2.75) is 0 Å². The summed E-state index contributed by atoms with van der Waals surface area (Å²) in [5.41, 5.74) is 35.5. The number of fused-ring (bicyclic) bond motifs is 6. The number of para-hydroxylation sites is 2. The Morgan fingerprint density at radius 1 is 0.139 bits per heavy atom. The number of pyridine rings is 10. The van der Waals surface area contributed by atoms with Gasteiger partial charge >= 0.3 is 0 Å². The predicted octanol–water partition coefficient (Wildman–Crippen LogP) is 26.9. The highest BCUT2D eigenvalue weighted by molar-refractivity contribution is 6.12. The van der Waals surface area contributed by atoms with Gasteiger partial charge in [-0.2, -0.15) is 0 Å². The van der Waals surface area contributed by atoms with Gasteiger partial charge in [0.1, 0.15) is 0 Å². The van der Waals surface area contributed by atoms with E-state index in [1.165, 1.54) is 0 Å². The zero-order chi connectivity index (χ0) is 81.1. The van der Waals surface area contributed by atoms with Gasteiger partial charge in [0.15, 0.2) is 0 Å². The van der Waals surface area contributed by atoms with Crippen LogP contribution in [0.4, 0.5) is 0 Å². The van der Waals surface area contributed by atoms with Crippen LogP contribution in [0.25, 0.3) is 212 Å². The second kappa shape index (κ2) is 32.4. The molecular formula is C110H72N12. The minimum absolute atomic E-state index is 0.889. The van der Waals surface area contributed by atoms with Crippen LogP contribution in [0.5, 0.6) is 0 Å². The van der Waals surface area contributed by atoms with Gasteiger partial charge in [-0.3, -0.25) is 29.9 Å². The SMILES string of the molecule is c1ccc(-n2c3ccncc3c3cc(-c4cc(-c5cccc(-c6cccc(-c7cccnc7)n6)c5)cc(-c5cccc(-c6cccc(-c7cccnc7)n6)c5)c4)ccc32)cc1.c1ccc(-n2c3ccncc3c3cc(-c4cc(-c5cccc(-c6cccc(-c7ccncc7)n6)c5)cc(-c5cccc(-c6cccc(-c7ccncc7)n6)c5)c4)ccc32)cc1. The average Bonchev–Trinajstić information content (AvgIpc) is 1.60. The van der Waals surface area contributed by atoms with Crippen molar-refractivity contribution >= 4 is 43.6 Å². The van der Waals surface area contributed by atoms with Crippen molar-refractivity contribution < 1.29 is 0 Å². The van der Waals surface area contributed by atoms with E-state index in [-0.39, 0.29) is 0 Å². The van der Waals surface area contributed by atoms with E-state index in [4.69, 9.17) is 19.9 Å². The Morgan fingerprint density at radius 2 is 0.393 bits per heavy atom. The molecule has 0 amide bonds. The maximum atomic E-state index is 5.08. The molecule has 572 valence electrons. The molecule has 0 atom stereocenters. The number of hydrogen-bond donors (Lipinski definition) is 0. The van der Waals surface area contributed by atoms with Gasteiger partial charge in [0.05, 0.1) is 67.6 Å². The summed E-state index contributed by atoms with van der Waals surface area (Å²) in [5.74, 6) is 0. The number of benzene rings is 10. The molecule has 0 aliphatic carbocycles. The summed E-state index contributed by atoms with van der Waals surface area (Å²) in [6.07, 6.45) is 22.2. The highest BCUT2D eigenvalue weighted by atomic mass is 15.0. The topological polar surface area (TPSA) is 139 Å². The monoisotopic (exact) mass is 1560 g/mol. The number of rotatable bonds is 16. The first-order valence-corrected chi connectivity index (χ1v) is 40.5. The number of hydrogen-bond acceptors (Lipinski definition) is 10. The van der Waals surface area contributed by atoms with Crippen molar-refractivity contribution in [3.63, 3.8) is 0 Å². The van der Waals surface area contributed by atoms with E-state index in [1.807, 2.05) is 110 Å². The number of aromatic nitrogens is 12. The highest BCUT2D eigenvalue weighted by Gasteiger charge is 2.20. The van der Waals surface area contributed by atoms with Gasteiger partial charge < -0.3 is 9.13 Å². The van der Waals surface area contributed by atoms with E-state index in [0.717, 1.165) is 212 Å². The number of nitrogens with zero attached hydrogens (tertiary/aromatic N) is 12. The third-order valence-corrected chi connectivity index (χ3v) is 22.5. The first kappa shape index (κ1) is 73.0. The Labute approximate surface area is 704 Å². The van der Waals surface area contributed by atoms with E-state index in [9.17, 15) is 0 Å². The van der Waals surface area contributed by atoms with Crippen molar-refractivity contribution in [3.05, 3.63) is 438 Å². The van der Waals surface area contributed by atoms with Gasteiger partial charge in [0.2, 0.25) is 0 Å². The fourth-order valence-corrected chi connectivity index (χ4v) is 16.6. The molecule has 12 heteroatoms. The predicted molar refractivity (Wildman–Crippen MR) is 496 cm³/mol. The van der Waals surface area contributed by atoms with Gasteiger partial charge in [-0.25, -0.2) is 19.9 Å². The van der Waals surface area contributed by atoms with E-state index >= 15 is 0 Å². The van der Waals surface area contributed by atoms with Gasteiger partial charge in [0.25, 0.3) is 0 Å². The molecule has 0 bridgehead atoms. The van der Waals surface area contributed by atoms with Crippen LogP contribution in [0.2, 0.25) is 0 Å². The molecule has 0 radical (unpaired) electrons. The van der Waals surface area contributed by atoms with Crippen LogP contribution in [-0.2, 0) is 0 Å². The smallest absolute Gasteiger partial charge is 0.0725 e. The molecule has 122 heavy (non-hydrogen) atoms. The summed E-state index contributed by atoms with van der Waals surface area (Å²) < 4.78 is 4.65. The summed E-state index contributed by atoms with van der Waals surface area (Å²) in [7, 11) is 0. The second-order valence-corrected chi connectivity index (χ2v) is 30.1. The molecule has 0 unspecified atom stereocenters.